The first kappa shape index (κ1) is 18.0. The van der Waals surface area contributed by atoms with Gasteiger partial charge in [0.25, 0.3) is 5.79 Å². The number of rotatable bonds is 3. The molecule has 0 unspecified atom stereocenters. The summed E-state index contributed by atoms with van der Waals surface area (Å²) in [6.45, 7) is 11.2. The van der Waals surface area contributed by atoms with Gasteiger partial charge in [-0.15, -0.1) is 0 Å². The van der Waals surface area contributed by atoms with Crippen LogP contribution < -0.4 is 5.32 Å². The molecule has 0 spiro atoms. The molecule has 2 heterocycles. The van der Waals surface area contributed by atoms with E-state index in [1.807, 2.05) is 13.8 Å². The molecule has 1 aromatic carbocycles. The zero-order chi connectivity index (χ0) is 19.2. The highest BCUT2D eigenvalue weighted by Crippen LogP contribution is 2.31. The number of carbonyl (C=O) groups is 2. The lowest BCUT2D eigenvalue weighted by molar-refractivity contribution is -0.222. The van der Waals surface area contributed by atoms with E-state index in [0.29, 0.717) is 0 Å². The minimum Gasteiger partial charge on any atom is -0.419 e. The normalized spacial score (nSPS) is 16.7. The number of anilines is 1. The summed E-state index contributed by atoms with van der Waals surface area (Å²) < 4.78 is 12.3. The Bertz CT molecular complexity index is 916. The summed E-state index contributed by atoms with van der Waals surface area (Å²) in [6, 6.07) is 2.35. The molecule has 1 saturated heterocycles. The zero-order valence-electron chi connectivity index (χ0n) is 15.8. The first-order valence-corrected chi connectivity index (χ1v) is 8.51. The SMILES string of the molecule is Cc1cc2c(ncn2C(C)C)c(NC=C2C(=O)OC(C)(C)OC2=O)c1C. The summed E-state index contributed by atoms with van der Waals surface area (Å²) in [6.07, 6.45) is 3.12. The monoisotopic (exact) mass is 357 g/mol. The fourth-order valence-electron chi connectivity index (χ4n) is 2.91. The Morgan fingerprint density at radius 3 is 2.38 bits per heavy atom. The van der Waals surface area contributed by atoms with Crippen molar-refractivity contribution in [3.63, 3.8) is 0 Å². The van der Waals surface area contributed by atoms with E-state index >= 15 is 0 Å². The van der Waals surface area contributed by atoms with Gasteiger partial charge in [-0.25, -0.2) is 14.6 Å². The lowest BCUT2D eigenvalue weighted by atomic mass is 10.1. The number of benzene rings is 1. The van der Waals surface area contributed by atoms with Gasteiger partial charge in [-0.1, -0.05) is 0 Å². The molecule has 0 aliphatic carbocycles. The van der Waals surface area contributed by atoms with E-state index in [9.17, 15) is 9.59 Å². The standard InChI is InChI=1S/C19H23N3O4/c1-10(2)22-9-21-16-14(22)7-11(3)12(4)15(16)20-8-13-17(23)25-19(5,6)26-18(13)24/h7-10,20H,1-6H3. The van der Waals surface area contributed by atoms with Crippen molar-refractivity contribution in [1.82, 2.24) is 9.55 Å². The number of carbonyl (C=O) groups excluding carboxylic acids is 2. The Balaban J connectivity index is 2.03. The van der Waals surface area contributed by atoms with Crippen LogP contribution in [-0.2, 0) is 19.1 Å². The zero-order valence-corrected chi connectivity index (χ0v) is 15.8. The molecule has 7 nitrogen and oxygen atoms in total. The topological polar surface area (TPSA) is 82.5 Å². The number of imidazole rings is 1. The van der Waals surface area contributed by atoms with Crippen LogP contribution in [0.15, 0.2) is 24.2 Å². The average molecular weight is 357 g/mol. The fourth-order valence-corrected chi connectivity index (χ4v) is 2.91. The number of aryl methyl sites for hydroxylation is 1. The lowest BCUT2D eigenvalue weighted by Gasteiger charge is -2.29. The van der Waals surface area contributed by atoms with Crippen LogP contribution in [0.4, 0.5) is 5.69 Å². The molecular weight excluding hydrogens is 334 g/mol. The second-order valence-corrected chi connectivity index (χ2v) is 7.19. The third-order valence-corrected chi connectivity index (χ3v) is 4.42. The van der Waals surface area contributed by atoms with Gasteiger partial charge in [0.15, 0.2) is 5.57 Å². The van der Waals surface area contributed by atoms with E-state index in [-0.39, 0.29) is 11.6 Å². The van der Waals surface area contributed by atoms with E-state index < -0.39 is 17.7 Å². The van der Waals surface area contributed by atoms with Crippen molar-refractivity contribution >= 4 is 28.7 Å². The van der Waals surface area contributed by atoms with Crippen molar-refractivity contribution in [2.24, 2.45) is 0 Å². The molecule has 1 N–H and O–H groups in total. The van der Waals surface area contributed by atoms with Crippen LogP contribution in [0.2, 0.25) is 0 Å². The fraction of sp³-hybridized carbons (Fsp3) is 0.421. The summed E-state index contributed by atoms with van der Waals surface area (Å²) in [4.78, 5) is 28.7. The van der Waals surface area contributed by atoms with Crippen LogP contribution in [-0.4, -0.2) is 27.3 Å². The van der Waals surface area contributed by atoms with Gasteiger partial charge in [0, 0.05) is 26.1 Å². The lowest BCUT2D eigenvalue weighted by Crippen LogP contribution is -2.42. The predicted octanol–water partition coefficient (Wildman–Crippen LogP) is 3.37. The van der Waals surface area contributed by atoms with Gasteiger partial charge in [0.2, 0.25) is 0 Å². The van der Waals surface area contributed by atoms with Gasteiger partial charge in [0.1, 0.15) is 5.52 Å². The molecule has 1 aliphatic rings. The quantitative estimate of drug-likeness (QED) is 0.515. The number of ether oxygens (including phenoxy) is 2. The molecule has 0 saturated carbocycles. The third-order valence-electron chi connectivity index (χ3n) is 4.42. The Hall–Kier alpha value is -2.83. The molecule has 0 amide bonds. The van der Waals surface area contributed by atoms with E-state index in [1.165, 1.54) is 20.0 Å². The molecule has 0 bridgehead atoms. The maximum atomic E-state index is 12.1. The van der Waals surface area contributed by atoms with Gasteiger partial charge >= 0.3 is 11.9 Å². The number of hydrogen-bond acceptors (Lipinski definition) is 6. The van der Waals surface area contributed by atoms with Crippen molar-refractivity contribution in [3.8, 4) is 0 Å². The van der Waals surface area contributed by atoms with Crippen molar-refractivity contribution < 1.29 is 19.1 Å². The van der Waals surface area contributed by atoms with Crippen molar-refractivity contribution in [2.75, 3.05) is 5.32 Å². The number of nitrogens with zero attached hydrogens (tertiary/aromatic N) is 2. The molecule has 138 valence electrons. The highest BCUT2D eigenvalue weighted by molar-refractivity contribution is 6.15. The van der Waals surface area contributed by atoms with E-state index in [1.54, 1.807) is 6.33 Å². The third kappa shape index (κ3) is 3.05. The smallest absolute Gasteiger partial charge is 0.350 e. The molecule has 7 heteroatoms. The summed E-state index contributed by atoms with van der Waals surface area (Å²) in [5.41, 5.74) is 4.39. The largest absolute Gasteiger partial charge is 0.419 e. The summed E-state index contributed by atoms with van der Waals surface area (Å²) in [5, 5.41) is 3.07. The van der Waals surface area contributed by atoms with Crippen LogP contribution in [0.1, 0.15) is 44.9 Å². The van der Waals surface area contributed by atoms with Crippen molar-refractivity contribution in [2.45, 2.75) is 53.4 Å². The average Bonchev–Trinajstić information content (AvgIpc) is 2.92. The Morgan fingerprint density at radius 2 is 1.81 bits per heavy atom. The minimum absolute atomic E-state index is 0.179. The summed E-state index contributed by atoms with van der Waals surface area (Å²) >= 11 is 0. The number of hydrogen-bond donors (Lipinski definition) is 1. The van der Waals surface area contributed by atoms with Gasteiger partial charge in [-0.2, -0.15) is 0 Å². The van der Waals surface area contributed by atoms with E-state index in [4.69, 9.17) is 9.47 Å². The number of esters is 2. The highest BCUT2D eigenvalue weighted by Gasteiger charge is 2.39. The van der Waals surface area contributed by atoms with Gasteiger partial charge in [0.05, 0.1) is 17.5 Å². The molecule has 0 radical (unpaired) electrons. The molecule has 1 fully saturated rings. The molecule has 1 aliphatic heterocycles. The molecular formula is C19H23N3O4. The predicted molar refractivity (Wildman–Crippen MR) is 97.6 cm³/mol. The number of nitrogens with one attached hydrogen (secondary N) is 1. The first-order valence-electron chi connectivity index (χ1n) is 8.51. The van der Waals surface area contributed by atoms with Crippen molar-refractivity contribution in [1.29, 1.82) is 0 Å². The second-order valence-electron chi connectivity index (χ2n) is 7.19. The summed E-state index contributed by atoms with van der Waals surface area (Å²) in [5.74, 6) is -2.69. The van der Waals surface area contributed by atoms with Crippen molar-refractivity contribution in [3.05, 3.63) is 35.3 Å². The van der Waals surface area contributed by atoms with Crippen LogP contribution >= 0.6 is 0 Å². The maximum absolute atomic E-state index is 12.1. The second kappa shape index (κ2) is 6.16. The van der Waals surface area contributed by atoms with Crippen LogP contribution in [0, 0.1) is 13.8 Å². The highest BCUT2D eigenvalue weighted by atomic mass is 16.7. The first-order chi connectivity index (χ1) is 12.1. The molecule has 3 rings (SSSR count). The van der Waals surface area contributed by atoms with E-state index in [2.05, 4.69) is 34.8 Å². The molecule has 1 aromatic heterocycles. The Labute approximate surface area is 152 Å². The summed E-state index contributed by atoms with van der Waals surface area (Å²) in [7, 11) is 0. The molecule has 0 atom stereocenters. The van der Waals surface area contributed by atoms with Crippen LogP contribution in [0.3, 0.4) is 0 Å². The number of cyclic esters (lactones) is 2. The number of fused-ring (bicyclic) bond motifs is 1. The van der Waals surface area contributed by atoms with Gasteiger partial charge < -0.3 is 19.4 Å². The van der Waals surface area contributed by atoms with Crippen LogP contribution in [0.5, 0.6) is 0 Å². The maximum Gasteiger partial charge on any atom is 0.350 e. The number of aromatic nitrogens is 2. The van der Waals surface area contributed by atoms with E-state index in [0.717, 1.165) is 27.8 Å². The molecule has 26 heavy (non-hydrogen) atoms. The Kier molecular flexibility index (Phi) is 4.26. The Morgan fingerprint density at radius 1 is 1.19 bits per heavy atom. The molecule has 2 aromatic rings. The van der Waals surface area contributed by atoms with Crippen LogP contribution in [0.25, 0.3) is 11.0 Å². The van der Waals surface area contributed by atoms with Gasteiger partial charge in [-0.05, 0) is 44.9 Å². The minimum atomic E-state index is -1.26. The van der Waals surface area contributed by atoms with Gasteiger partial charge in [-0.3, -0.25) is 0 Å².